The van der Waals surface area contributed by atoms with E-state index in [-0.39, 0.29) is 24.2 Å². The number of carbonyl (C=O) groups excluding carboxylic acids is 2. The molecule has 2 aromatic rings. The zero-order valence-electron chi connectivity index (χ0n) is 17.5. The van der Waals surface area contributed by atoms with Gasteiger partial charge in [0.25, 0.3) is 5.91 Å². The van der Waals surface area contributed by atoms with Crippen LogP contribution >= 0.6 is 0 Å². The van der Waals surface area contributed by atoms with Crippen molar-refractivity contribution < 1.29 is 23.8 Å². The maximum absolute atomic E-state index is 12.6. The molecule has 0 radical (unpaired) electrons. The quantitative estimate of drug-likeness (QED) is 0.715. The van der Waals surface area contributed by atoms with Crippen molar-refractivity contribution in [2.45, 2.75) is 56.6 Å². The van der Waals surface area contributed by atoms with Gasteiger partial charge in [0.05, 0.1) is 24.6 Å². The molecule has 0 aromatic carbocycles. The lowest BCUT2D eigenvalue weighted by atomic mass is 10.1. The number of hydrogen-bond acceptors (Lipinski definition) is 7. The summed E-state index contributed by atoms with van der Waals surface area (Å²) in [5.41, 5.74) is 1.80. The maximum atomic E-state index is 12.6. The minimum Gasteiger partial charge on any atom is -0.444 e. The fourth-order valence-corrected chi connectivity index (χ4v) is 4.70. The molecule has 2 aromatic heterocycles. The smallest absolute Gasteiger partial charge is 0.410 e. The van der Waals surface area contributed by atoms with Gasteiger partial charge in [-0.15, -0.1) is 0 Å². The summed E-state index contributed by atoms with van der Waals surface area (Å²) < 4.78 is 18.0. The Kier molecular flexibility index (Phi) is 5.14. The lowest BCUT2D eigenvalue weighted by molar-refractivity contribution is 0.0126. The molecule has 4 fully saturated rings. The van der Waals surface area contributed by atoms with Crippen molar-refractivity contribution in [1.29, 1.82) is 0 Å². The molecular weight excluding hydrogens is 404 g/mol. The van der Waals surface area contributed by atoms with Crippen LogP contribution in [0.1, 0.15) is 53.7 Å². The fourth-order valence-electron chi connectivity index (χ4n) is 4.70. The first-order chi connectivity index (χ1) is 15.0. The molecule has 4 unspecified atom stereocenters. The van der Waals surface area contributed by atoms with Gasteiger partial charge in [-0.3, -0.25) is 14.6 Å². The average Bonchev–Trinajstić information content (AvgIpc) is 3.51. The first kappa shape index (κ1) is 20.0. The van der Waals surface area contributed by atoms with Gasteiger partial charge >= 0.3 is 6.09 Å². The molecule has 2 bridgehead atoms. The molecule has 11 nitrogen and oxygen atoms in total. The zero-order valence-corrected chi connectivity index (χ0v) is 17.5. The van der Waals surface area contributed by atoms with Gasteiger partial charge < -0.3 is 24.4 Å². The van der Waals surface area contributed by atoms with Crippen LogP contribution in [0.5, 0.6) is 0 Å². The lowest BCUT2D eigenvalue weighted by Gasteiger charge is -2.39. The van der Waals surface area contributed by atoms with E-state index >= 15 is 0 Å². The number of amides is 2. The third-order valence-corrected chi connectivity index (χ3v) is 6.24. The molecule has 1 saturated carbocycles. The Balaban J connectivity index is 1.15. The molecule has 4 aliphatic rings. The van der Waals surface area contributed by atoms with Crippen LogP contribution in [0.25, 0.3) is 0 Å². The third kappa shape index (κ3) is 3.79. The number of hydrogen-bond donors (Lipinski definition) is 2. The Morgan fingerprint density at radius 2 is 2.10 bits per heavy atom. The van der Waals surface area contributed by atoms with Crippen LogP contribution in [0.3, 0.4) is 0 Å². The number of nitrogens with one attached hydrogen (secondary N) is 2. The molecule has 1 aliphatic carbocycles. The predicted molar refractivity (Wildman–Crippen MR) is 107 cm³/mol. The SMILES string of the molecule is COCc1cc(C(=O)Nc2cc(C3CC(OC(=O)N4C5CCC4C5)CO3)[nH]n2)n(C)n1. The maximum Gasteiger partial charge on any atom is 0.410 e. The summed E-state index contributed by atoms with van der Waals surface area (Å²) >= 11 is 0. The van der Waals surface area contributed by atoms with Gasteiger partial charge in [-0.2, -0.15) is 10.2 Å². The van der Waals surface area contributed by atoms with E-state index in [2.05, 4.69) is 20.6 Å². The number of H-pyrrole nitrogens is 1. The number of aromatic amines is 1. The Morgan fingerprint density at radius 3 is 2.84 bits per heavy atom. The molecule has 2 amide bonds. The van der Waals surface area contributed by atoms with Crippen molar-refractivity contribution in [1.82, 2.24) is 24.9 Å². The molecule has 4 atom stereocenters. The first-order valence-electron chi connectivity index (χ1n) is 10.5. The van der Waals surface area contributed by atoms with Crippen LogP contribution < -0.4 is 5.32 Å². The first-order valence-corrected chi connectivity index (χ1v) is 10.5. The van der Waals surface area contributed by atoms with E-state index in [0.29, 0.717) is 48.9 Å². The number of rotatable bonds is 6. The van der Waals surface area contributed by atoms with Crippen molar-refractivity contribution in [3.63, 3.8) is 0 Å². The molecule has 5 heterocycles. The van der Waals surface area contributed by atoms with Crippen molar-refractivity contribution in [2.24, 2.45) is 7.05 Å². The van der Waals surface area contributed by atoms with E-state index in [4.69, 9.17) is 14.2 Å². The highest BCUT2D eigenvalue weighted by atomic mass is 16.6. The van der Waals surface area contributed by atoms with Crippen LogP contribution in [0.2, 0.25) is 0 Å². The second-order valence-corrected chi connectivity index (χ2v) is 8.33. The lowest BCUT2D eigenvalue weighted by Crippen LogP contribution is -2.52. The predicted octanol–water partition coefficient (Wildman–Crippen LogP) is 1.75. The van der Waals surface area contributed by atoms with Crippen molar-refractivity contribution in [3.8, 4) is 0 Å². The van der Waals surface area contributed by atoms with E-state index in [1.165, 1.54) is 4.68 Å². The fraction of sp³-hybridized carbons (Fsp3) is 0.600. The average molecular weight is 430 g/mol. The van der Waals surface area contributed by atoms with Gasteiger partial charge in [-0.1, -0.05) is 0 Å². The van der Waals surface area contributed by atoms with E-state index in [1.807, 2.05) is 4.90 Å². The number of aromatic nitrogens is 4. The molecule has 31 heavy (non-hydrogen) atoms. The van der Waals surface area contributed by atoms with Gasteiger partial charge in [0.2, 0.25) is 0 Å². The molecule has 3 aliphatic heterocycles. The van der Waals surface area contributed by atoms with E-state index < -0.39 is 0 Å². The molecular formula is C20H26N6O5. The van der Waals surface area contributed by atoms with Crippen LogP contribution in [-0.4, -0.2) is 68.8 Å². The number of ether oxygens (including phenoxy) is 3. The van der Waals surface area contributed by atoms with Gasteiger partial charge in [0.1, 0.15) is 17.9 Å². The van der Waals surface area contributed by atoms with E-state index in [9.17, 15) is 9.59 Å². The standard InChI is InChI=1S/C20H26N6O5/c1-25-16(5-11(24-25)9-29-2)19(27)21-18-8-15(22-23-18)17-7-14(10-30-17)31-20(28)26-12-3-4-13(26)6-12/h5,8,12-14,17H,3-4,6-7,9-10H2,1-2H3,(H2,21,22,23,27). The highest BCUT2D eigenvalue weighted by Gasteiger charge is 2.48. The molecule has 6 rings (SSSR count). The topological polar surface area (TPSA) is 124 Å². The van der Waals surface area contributed by atoms with Crippen molar-refractivity contribution >= 4 is 17.8 Å². The van der Waals surface area contributed by atoms with Crippen LogP contribution in [0, 0.1) is 0 Å². The van der Waals surface area contributed by atoms with Crippen molar-refractivity contribution in [2.75, 3.05) is 19.0 Å². The molecule has 0 spiro atoms. The number of aryl methyl sites for hydroxylation is 1. The van der Waals surface area contributed by atoms with Crippen LogP contribution in [0.4, 0.5) is 10.6 Å². The summed E-state index contributed by atoms with van der Waals surface area (Å²) in [5.74, 6) is 0.0643. The highest BCUT2D eigenvalue weighted by Crippen LogP contribution is 2.41. The van der Waals surface area contributed by atoms with Gasteiger partial charge in [0.15, 0.2) is 5.82 Å². The number of fused-ring (bicyclic) bond motifs is 1. The monoisotopic (exact) mass is 430 g/mol. The normalized spacial score (nSPS) is 26.7. The minimum absolute atomic E-state index is 0.227. The van der Waals surface area contributed by atoms with Gasteiger partial charge in [-0.25, -0.2) is 4.79 Å². The van der Waals surface area contributed by atoms with E-state index in [1.54, 1.807) is 26.3 Å². The van der Waals surface area contributed by atoms with Crippen LogP contribution in [-0.2, 0) is 27.9 Å². The number of carbonyl (C=O) groups is 2. The third-order valence-electron chi connectivity index (χ3n) is 6.24. The number of anilines is 1. The number of nitrogens with zero attached hydrogens (tertiary/aromatic N) is 4. The molecule has 2 N–H and O–H groups in total. The Hall–Kier alpha value is -2.92. The number of methoxy groups -OCH3 is 1. The van der Waals surface area contributed by atoms with Gasteiger partial charge in [-0.05, 0) is 25.3 Å². The minimum atomic E-state index is -0.321. The summed E-state index contributed by atoms with van der Waals surface area (Å²) in [4.78, 5) is 26.8. The van der Waals surface area contributed by atoms with E-state index in [0.717, 1.165) is 25.0 Å². The molecule has 3 saturated heterocycles. The summed E-state index contributed by atoms with van der Waals surface area (Å²) in [7, 11) is 3.27. The summed E-state index contributed by atoms with van der Waals surface area (Å²) in [5, 5.41) is 14.1. The molecule has 11 heteroatoms. The summed E-state index contributed by atoms with van der Waals surface area (Å²) in [6.45, 7) is 0.676. The highest BCUT2D eigenvalue weighted by molar-refractivity contribution is 6.02. The van der Waals surface area contributed by atoms with Crippen LogP contribution in [0.15, 0.2) is 12.1 Å². The summed E-state index contributed by atoms with van der Waals surface area (Å²) in [6, 6.07) is 4.13. The molecule has 166 valence electrons. The van der Waals surface area contributed by atoms with Crippen molar-refractivity contribution in [3.05, 3.63) is 29.2 Å². The second kappa shape index (κ2) is 7.97. The second-order valence-electron chi connectivity index (χ2n) is 8.33. The Morgan fingerprint density at radius 1 is 1.29 bits per heavy atom. The Labute approximate surface area is 179 Å². The largest absolute Gasteiger partial charge is 0.444 e. The zero-order chi connectivity index (χ0) is 21.5. The van der Waals surface area contributed by atoms with Gasteiger partial charge in [0, 0.05) is 38.7 Å². The summed E-state index contributed by atoms with van der Waals surface area (Å²) in [6.07, 6.45) is 3.04. The Bertz CT molecular complexity index is 973.